The fraction of sp³-hybridized carbons (Fsp3) is 0.233. The topological polar surface area (TPSA) is 88.3 Å². The minimum absolute atomic E-state index is 0.164. The second-order valence-electron chi connectivity index (χ2n) is 9.96. The highest BCUT2D eigenvalue weighted by Gasteiger charge is 2.25. The molecule has 0 radical (unpaired) electrons. The fourth-order valence-corrected chi connectivity index (χ4v) is 5.17. The van der Waals surface area contributed by atoms with Crippen molar-refractivity contribution >= 4 is 22.7 Å². The molecule has 39 heavy (non-hydrogen) atoms. The number of hydrogen-bond donors (Lipinski definition) is 2. The summed E-state index contributed by atoms with van der Waals surface area (Å²) in [5.74, 6) is -4.37. The van der Waals surface area contributed by atoms with Gasteiger partial charge in [0, 0.05) is 36.8 Å². The van der Waals surface area contributed by atoms with Crippen molar-refractivity contribution < 1.29 is 22.8 Å². The molecule has 0 spiro atoms. The maximum atomic E-state index is 14.4. The number of nitrogens with zero attached hydrogens (tertiary/aromatic N) is 2. The molecule has 3 N–H and O–H groups in total. The molecule has 0 unspecified atom stereocenters. The lowest BCUT2D eigenvalue weighted by atomic mass is 9.93. The van der Waals surface area contributed by atoms with Crippen molar-refractivity contribution in [1.29, 1.82) is 0 Å². The zero-order valence-corrected chi connectivity index (χ0v) is 21.5. The van der Waals surface area contributed by atoms with Crippen LogP contribution in [0.3, 0.4) is 0 Å². The zero-order chi connectivity index (χ0) is 27.8. The molecule has 1 aliphatic heterocycles. The van der Waals surface area contributed by atoms with E-state index in [0.717, 1.165) is 25.5 Å². The highest BCUT2D eigenvalue weighted by Crippen LogP contribution is 2.34. The van der Waals surface area contributed by atoms with Gasteiger partial charge in [0.15, 0.2) is 11.6 Å². The van der Waals surface area contributed by atoms with E-state index in [1.54, 1.807) is 49.3 Å². The average molecular weight is 533 g/mol. The number of nitrogens with two attached hydrogens (primary N) is 1. The number of fused-ring (bicyclic) bond motifs is 1. The van der Waals surface area contributed by atoms with E-state index in [1.807, 2.05) is 0 Å². The van der Waals surface area contributed by atoms with Crippen molar-refractivity contribution in [2.24, 2.45) is 5.73 Å². The highest BCUT2D eigenvalue weighted by atomic mass is 19.2. The molecule has 1 aliphatic rings. The molecule has 6 nitrogen and oxygen atoms in total. The molecule has 5 rings (SSSR count). The van der Waals surface area contributed by atoms with Crippen molar-refractivity contribution in [2.75, 3.05) is 20.1 Å². The second kappa shape index (κ2) is 10.5. The Balaban J connectivity index is 1.71. The van der Waals surface area contributed by atoms with Gasteiger partial charge in [0.05, 0.1) is 16.6 Å². The molecule has 1 aromatic heterocycles. The first-order chi connectivity index (χ1) is 18.6. The number of carbonyl (C=O) groups is 2. The van der Waals surface area contributed by atoms with Crippen LogP contribution in [0.4, 0.5) is 13.2 Å². The van der Waals surface area contributed by atoms with Crippen LogP contribution in [0, 0.1) is 24.4 Å². The summed E-state index contributed by atoms with van der Waals surface area (Å²) < 4.78 is 43.0. The lowest BCUT2D eigenvalue weighted by Crippen LogP contribution is -2.38. The summed E-state index contributed by atoms with van der Waals surface area (Å²) in [6, 6.07) is 11.8. The maximum absolute atomic E-state index is 14.4. The molecule has 0 saturated carbocycles. The number of amides is 2. The molecule has 200 valence electrons. The van der Waals surface area contributed by atoms with Crippen molar-refractivity contribution in [3.63, 3.8) is 0 Å². The van der Waals surface area contributed by atoms with Crippen LogP contribution in [0.5, 0.6) is 0 Å². The predicted molar refractivity (Wildman–Crippen MR) is 144 cm³/mol. The molecule has 0 aliphatic carbocycles. The van der Waals surface area contributed by atoms with Crippen LogP contribution in [0.25, 0.3) is 33.2 Å². The Bertz CT molecular complexity index is 1600. The molecule has 1 atom stereocenters. The molecular weight excluding hydrogens is 505 g/mol. The monoisotopic (exact) mass is 532 g/mol. The standard InChI is InChI=1S/C30H27F3N4O2/c1-16-8-19(10-20(31)9-16)24-14-36-26-6-5-17(18-12-23(29(34)38)28(33)25(32)13-18)11-22(26)27(24)30(39)37(2)15-21-4-3-7-35-21/h5-6,8-14,21,35H,3-4,7,15H2,1-2H3,(H2,34,38)/t21-/m0/s1. The number of hydrogen-bond acceptors (Lipinski definition) is 4. The number of pyridine rings is 1. The van der Waals surface area contributed by atoms with Gasteiger partial charge in [-0.25, -0.2) is 13.2 Å². The quantitative estimate of drug-likeness (QED) is 0.357. The number of halogens is 3. The van der Waals surface area contributed by atoms with E-state index in [0.29, 0.717) is 45.3 Å². The summed E-state index contributed by atoms with van der Waals surface area (Å²) in [6.45, 7) is 3.14. The Labute approximate surface area is 223 Å². The van der Waals surface area contributed by atoms with Crippen molar-refractivity contribution in [1.82, 2.24) is 15.2 Å². The second-order valence-corrected chi connectivity index (χ2v) is 9.96. The van der Waals surface area contributed by atoms with Crippen LogP contribution >= 0.6 is 0 Å². The first-order valence-corrected chi connectivity index (χ1v) is 12.6. The molecule has 1 saturated heterocycles. The first-order valence-electron chi connectivity index (χ1n) is 12.6. The van der Waals surface area contributed by atoms with Crippen molar-refractivity contribution in [2.45, 2.75) is 25.8 Å². The lowest BCUT2D eigenvalue weighted by molar-refractivity contribution is 0.0786. The maximum Gasteiger partial charge on any atom is 0.255 e. The van der Waals surface area contributed by atoms with Gasteiger partial charge < -0.3 is 16.0 Å². The molecule has 9 heteroatoms. The van der Waals surface area contributed by atoms with Gasteiger partial charge in [-0.1, -0.05) is 12.1 Å². The smallest absolute Gasteiger partial charge is 0.255 e. The first kappa shape index (κ1) is 26.4. The Kier molecular flexibility index (Phi) is 7.10. The molecule has 2 heterocycles. The summed E-state index contributed by atoms with van der Waals surface area (Å²) >= 11 is 0. The summed E-state index contributed by atoms with van der Waals surface area (Å²) in [5.41, 5.74) is 7.73. The number of likely N-dealkylation sites (N-methyl/N-ethyl adjacent to an activating group) is 1. The zero-order valence-electron chi connectivity index (χ0n) is 21.5. The molecule has 4 aromatic rings. The largest absolute Gasteiger partial charge is 0.366 e. The van der Waals surface area contributed by atoms with Gasteiger partial charge in [-0.15, -0.1) is 0 Å². The van der Waals surface area contributed by atoms with Crippen molar-refractivity contribution in [3.05, 3.63) is 88.9 Å². The number of rotatable bonds is 6. The third kappa shape index (κ3) is 5.22. The van der Waals surface area contributed by atoms with E-state index < -0.39 is 28.9 Å². The Morgan fingerprint density at radius 2 is 1.85 bits per heavy atom. The highest BCUT2D eigenvalue weighted by molar-refractivity contribution is 6.12. The van der Waals surface area contributed by atoms with E-state index in [4.69, 9.17) is 5.73 Å². The van der Waals surface area contributed by atoms with Gasteiger partial charge in [-0.2, -0.15) is 0 Å². The van der Waals surface area contributed by atoms with Crippen LogP contribution in [0.1, 0.15) is 39.1 Å². The van der Waals surface area contributed by atoms with Crippen LogP contribution in [-0.2, 0) is 0 Å². The minimum Gasteiger partial charge on any atom is -0.366 e. The van der Waals surface area contributed by atoms with E-state index >= 15 is 0 Å². The predicted octanol–water partition coefficient (Wildman–Crippen LogP) is 5.22. The Morgan fingerprint density at radius 1 is 1.05 bits per heavy atom. The molecule has 0 bridgehead atoms. The number of nitrogens with one attached hydrogen (secondary N) is 1. The Morgan fingerprint density at radius 3 is 2.54 bits per heavy atom. The van der Waals surface area contributed by atoms with Gasteiger partial charge >= 0.3 is 0 Å². The summed E-state index contributed by atoms with van der Waals surface area (Å²) in [4.78, 5) is 31.9. The van der Waals surface area contributed by atoms with Crippen LogP contribution in [-0.4, -0.2) is 47.9 Å². The third-order valence-corrected chi connectivity index (χ3v) is 7.07. The van der Waals surface area contributed by atoms with Crippen LogP contribution < -0.4 is 11.1 Å². The van der Waals surface area contributed by atoms with E-state index in [-0.39, 0.29) is 17.5 Å². The third-order valence-electron chi connectivity index (χ3n) is 7.07. The van der Waals surface area contributed by atoms with Gasteiger partial charge in [-0.3, -0.25) is 14.6 Å². The van der Waals surface area contributed by atoms with Gasteiger partial charge in [-0.05, 0) is 85.0 Å². The SMILES string of the molecule is Cc1cc(F)cc(-c2cnc3ccc(-c4cc(F)c(F)c(C(N)=O)c4)cc3c2C(=O)N(C)C[C@@H]2CCCN2)c1. The minimum atomic E-state index is -1.32. The van der Waals surface area contributed by atoms with E-state index in [2.05, 4.69) is 10.3 Å². The van der Waals surface area contributed by atoms with Gasteiger partial charge in [0.1, 0.15) is 5.82 Å². The van der Waals surface area contributed by atoms with Gasteiger partial charge in [0.2, 0.25) is 0 Å². The Hall–Kier alpha value is -4.24. The fourth-order valence-electron chi connectivity index (χ4n) is 5.17. The number of carbonyl (C=O) groups excluding carboxylic acids is 2. The molecular formula is C30H27F3N4O2. The number of aryl methyl sites for hydroxylation is 1. The molecule has 3 aromatic carbocycles. The summed E-state index contributed by atoms with van der Waals surface area (Å²) in [5, 5.41) is 3.84. The lowest BCUT2D eigenvalue weighted by Gasteiger charge is -2.24. The number of primary amides is 1. The van der Waals surface area contributed by atoms with Gasteiger partial charge in [0.25, 0.3) is 11.8 Å². The van der Waals surface area contributed by atoms with E-state index in [9.17, 15) is 22.8 Å². The molecule has 2 amide bonds. The van der Waals surface area contributed by atoms with E-state index in [1.165, 1.54) is 18.2 Å². The van der Waals surface area contributed by atoms with Crippen molar-refractivity contribution in [3.8, 4) is 22.3 Å². The number of benzene rings is 3. The summed E-state index contributed by atoms with van der Waals surface area (Å²) in [6.07, 6.45) is 3.53. The number of aromatic nitrogens is 1. The van der Waals surface area contributed by atoms with Crippen LogP contribution in [0.2, 0.25) is 0 Å². The van der Waals surface area contributed by atoms with Crippen LogP contribution in [0.15, 0.2) is 54.7 Å². The normalized spacial score (nSPS) is 15.1. The average Bonchev–Trinajstić information content (AvgIpc) is 3.41. The summed E-state index contributed by atoms with van der Waals surface area (Å²) in [7, 11) is 1.72. The molecule has 1 fully saturated rings.